The molecule has 0 fully saturated rings. The lowest BCUT2D eigenvalue weighted by Crippen LogP contribution is -1.96. The fourth-order valence-electron chi connectivity index (χ4n) is 1.87. The Morgan fingerprint density at radius 1 is 1.11 bits per heavy atom. The average Bonchev–Trinajstić information content (AvgIpc) is 2.40. The molecule has 0 heterocycles. The van der Waals surface area contributed by atoms with E-state index in [0.29, 0.717) is 0 Å². The number of unbranched alkanes of at least 4 members (excludes halogenated alkanes) is 3. The summed E-state index contributed by atoms with van der Waals surface area (Å²) in [4.78, 5) is 10.4. The average molecular weight is 264 g/mol. The van der Waals surface area contributed by atoms with Crippen LogP contribution in [0.25, 0.3) is 0 Å². The van der Waals surface area contributed by atoms with Crippen molar-refractivity contribution >= 4 is 5.97 Å². The summed E-state index contributed by atoms with van der Waals surface area (Å²) in [5.74, 6) is 0.233. The highest BCUT2D eigenvalue weighted by atomic mass is 16.5. The fraction of sp³-hybridized carbons (Fsp3) is 0.562. The van der Waals surface area contributed by atoms with Gasteiger partial charge in [0.1, 0.15) is 5.75 Å². The second-order valence-corrected chi connectivity index (χ2v) is 4.80. The van der Waals surface area contributed by atoms with Crippen molar-refractivity contribution in [2.24, 2.45) is 0 Å². The first-order valence-corrected chi connectivity index (χ1v) is 7.16. The first-order chi connectivity index (χ1) is 9.22. The van der Waals surface area contributed by atoms with Gasteiger partial charge >= 0.3 is 5.97 Å². The van der Waals surface area contributed by atoms with Crippen LogP contribution in [0.1, 0.15) is 51.0 Å². The van der Waals surface area contributed by atoms with E-state index in [0.717, 1.165) is 50.9 Å². The molecular weight excluding hydrogens is 240 g/mol. The summed E-state index contributed by atoms with van der Waals surface area (Å²) < 4.78 is 5.61. The standard InChI is InChI=1S/C16H24O3/c1-2-3-13-19-15-11-9-14(10-12-15)7-5-4-6-8-16(17)18/h9-12H,2-8,13H2,1H3,(H,17,18). The fourth-order valence-corrected chi connectivity index (χ4v) is 1.87. The molecule has 0 aliphatic carbocycles. The SMILES string of the molecule is CCCCOc1ccc(CCCCCC(=O)O)cc1. The molecule has 0 amide bonds. The van der Waals surface area contributed by atoms with Crippen LogP contribution in [0.15, 0.2) is 24.3 Å². The molecule has 0 atom stereocenters. The number of hydrogen-bond acceptors (Lipinski definition) is 2. The van der Waals surface area contributed by atoms with Crippen molar-refractivity contribution in [2.75, 3.05) is 6.61 Å². The molecule has 3 nitrogen and oxygen atoms in total. The van der Waals surface area contributed by atoms with Crippen LogP contribution in [0.5, 0.6) is 5.75 Å². The molecule has 3 heteroatoms. The molecule has 0 aliphatic rings. The Hall–Kier alpha value is -1.51. The summed E-state index contributed by atoms with van der Waals surface area (Å²) in [7, 11) is 0. The molecule has 106 valence electrons. The lowest BCUT2D eigenvalue weighted by Gasteiger charge is -2.06. The molecule has 0 saturated carbocycles. The molecule has 1 aromatic rings. The van der Waals surface area contributed by atoms with E-state index in [1.54, 1.807) is 0 Å². The molecule has 0 aromatic heterocycles. The summed E-state index contributed by atoms with van der Waals surface area (Å²) in [6.45, 7) is 2.93. The second-order valence-electron chi connectivity index (χ2n) is 4.80. The van der Waals surface area contributed by atoms with Gasteiger partial charge in [0.2, 0.25) is 0 Å². The van der Waals surface area contributed by atoms with Crippen LogP contribution >= 0.6 is 0 Å². The summed E-state index contributed by atoms with van der Waals surface area (Å²) >= 11 is 0. The van der Waals surface area contributed by atoms with E-state index in [2.05, 4.69) is 19.1 Å². The normalized spacial score (nSPS) is 10.4. The third-order valence-corrected chi connectivity index (χ3v) is 3.05. The van der Waals surface area contributed by atoms with Crippen molar-refractivity contribution in [3.8, 4) is 5.75 Å². The van der Waals surface area contributed by atoms with Crippen molar-refractivity contribution in [3.63, 3.8) is 0 Å². The van der Waals surface area contributed by atoms with Gasteiger partial charge in [-0.2, -0.15) is 0 Å². The number of hydrogen-bond donors (Lipinski definition) is 1. The van der Waals surface area contributed by atoms with E-state index in [1.807, 2.05) is 12.1 Å². The van der Waals surface area contributed by atoms with E-state index in [9.17, 15) is 4.79 Å². The molecule has 0 unspecified atom stereocenters. The van der Waals surface area contributed by atoms with Gasteiger partial charge in [-0.25, -0.2) is 0 Å². The minimum absolute atomic E-state index is 0.282. The predicted octanol–water partition coefficient (Wildman–Crippen LogP) is 4.05. The third kappa shape index (κ3) is 7.50. The molecule has 0 aliphatic heterocycles. The van der Waals surface area contributed by atoms with Gasteiger partial charge in [0.15, 0.2) is 0 Å². The Labute approximate surface area is 115 Å². The number of benzene rings is 1. The summed E-state index contributed by atoms with van der Waals surface area (Å²) in [5.41, 5.74) is 1.29. The second kappa shape index (κ2) is 9.42. The number of aryl methyl sites for hydroxylation is 1. The van der Waals surface area contributed by atoms with Crippen molar-refractivity contribution in [2.45, 2.75) is 51.9 Å². The van der Waals surface area contributed by atoms with Crippen LogP contribution in [0.2, 0.25) is 0 Å². The van der Waals surface area contributed by atoms with Crippen LogP contribution < -0.4 is 4.74 Å². The number of ether oxygens (including phenoxy) is 1. The minimum Gasteiger partial charge on any atom is -0.494 e. The van der Waals surface area contributed by atoms with E-state index in [-0.39, 0.29) is 6.42 Å². The molecule has 0 bridgehead atoms. The maximum Gasteiger partial charge on any atom is 0.303 e. The highest BCUT2D eigenvalue weighted by Crippen LogP contribution is 2.15. The largest absolute Gasteiger partial charge is 0.494 e. The monoisotopic (exact) mass is 264 g/mol. The Kier molecular flexibility index (Phi) is 7.71. The number of carboxylic acids is 1. The Morgan fingerprint density at radius 2 is 1.84 bits per heavy atom. The molecule has 0 saturated heterocycles. The van der Waals surface area contributed by atoms with Crippen LogP contribution in [0.3, 0.4) is 0 Å². The number of rotatable bonds is 10. The minimum atomic E-state index is -0.700. The van der Waals surface area contributed by atoms with Crippen LogP contribution in [-0.2, 0) is 11.2 Å². The smallest absolute Gasteiger partial charge is 0.303 e. The molecule has 1 N–H and O–H groups in total. The molecule has 1 rings (SSSR count). The van der Waals surface area contributed by atoms with Crippen LogP contribution in [-0.4, -0.2) is 17.7 Å². The van der Waals surface area contributed by atoms with E-state index in [4.69, 9.17) is 9.84 Å². The van der Waals surface area contributed by atoms with Gasteiger partial charge < -0.3 is 9.84 Å². The first-order valence-electron chi connectivity index (χ1n) is 7.16. The van der Waals surface area contributed by atoms with Crippen molar-refractivity contribution < 1.29 is 14.6 Å². The van der Waals surface area contributed by atoms with Gasteiger partial charge in [0.05, 0.1) is 6.61 Å². The zero-order valence-electron chi connectivity index (χ0n) is 11.7. The first kappa shape index (κ1) is 15.5. The van der Waals surface area contributed by atoms with E-state index < -0.39 is 5.97 Å². The summed E-state index contributed by atoms with van der Waals surface area (Å²) in [6.07, 6.45) is 6.32. The maximum absolute atomic E-state index is 10.4. The predicted molar refractivity (Wildman–Crippen MR) is 76.7 cm³/mol. The zero-order valence-corrected chi connectivity index (χ0v) is 11.7. The Morgan fingerprint density at radius 3 is 2.47 bits per heavy atom. The lowest BCUT2D eigenvalue weighted by molar-refractivity contribution is -0.137. The van der Waals surface area contributed by atoms with Gasteiger partial charge in [-0.05, 0) is 43.4 Å². The van der Waals surface area contributed by atoms with Crippen molar-refractivity contribution in [1.82, 2.24) is 0 Å². The number of carbonyl (C=O) groups is 1. The number of carboxylic acid groups (broad SMARTS) is 1. The molecule has 19 heavy (non-hydrogen) atoms. The van der Waals surface area contributed by atoms with E-state index >= 15 is 0 Å². The van der Waals surface area contributed by atoms with Crippen LogP contribution in [0.4, 0.5) is 0 Å². The van der Waals surface area contributed by atoms with Crippen LogP contribution in [0, 0.1) is 0 Å². The molecule has 0 radical (unpaired) electrons. The van der Waals surface area contributed by atoms with Crippen molar-refractivity contribution in [1.29, 1.82) is 0 Å². The third-order valence-electron chi connectivity index (χ3n) is 3.05. The highest BCUT2D eigenvalue weighted by molar-refractivity contribution is 5.66. The van der Waals surface area contributed by atoms with Crippen molar-refractivity contribution in [3.05, 3.63) is 29.8 Å². The van der Waals surface area contributed by atoms with Gasteiger partial charge in [0, 0.05) is 6.42 Å². The highest BCUT2D eigenvalue weighted by Gasteiger charge is 1.98. The molecular formula is C16H24O3. The van der Waals surface area contributed by atoms with Gasteiger partial charge in [-0.15, -0.1) is 0 Å². The summed E-state index contributed by atoms with van der Waals surface area (Å²) in [5, 5.41) is 8.54. The lowest BCUT2D eigenvalue weighted by atomic mass is 10.1. The summed E-state index contributed by atoms with van der Waals surface area (Å²) in [6, 6.07) is 8.22. The van der Waals surface area contributed by atoms with Gasteiger partial charge in [0.25, 0.3) is 0 Å². The zero-order chi connectivity index (χ0) is 13.9. The molecule has 1 aromatic carbocycles. The number of aliphatic carboxylic acids is 1. The maximum atomic E-state index is 10.4. The van der Waals surface area contributed by atoms with Gasteiger partial charge in [-0.1, -0.05) is 31.9 Å². The molecule has 0 spiro atoms. The Balaban J connectivity index is 2.18. The quantitative estimate of drug-likeness (QED) is 0.648. The van der Waals surface area contributed by atoms with Gasteiger partial charge in [-0.3, -0.25) is 4.79 Å². The topological polar surface area (TPSA) is 46.5 Å². The Bertz CT molecular complexity index is 357. The van der Waals surface area contributed by atoms with E-state index in [1.165, 1.54) is 5.56 Å².